The average Bonchev–Trinajstić information content (AvgIpc) is 3.15. The number of nitrogens with zero attached hydrogens (tertiary/aromatic N) is 3. The van der Waals surface area contributed by atoms with Gasteiger partial charge in [0.25, 0.3) is 0 Å². The maximum atomic E-state index is 13.1. The first-order chi connectivity index (χ1) is 11.9. The van der Waals surface area contributed by atoms with Gasteiger partial charge in [-0.25, -0.2) is 0 Å². The van der Waals surface area contributed by atoms with E-state index in [4.69, 9.17) is 0 Å². The van der Waals surface area contributed by atoms with Gasteiger partial charge >= 0.3 is 157 Å². The summed E-state index contributed by atoms with van der Waals surface area (Å²) >= 11 is -2.53. The summed E-state index contributed by atoms with van der Waals surface area (Å²) < 4.78 is 3.90. The molecule has 142 valence electrons. The van der Waals surface area contributed by atoms with Crippen LogP contribution in [0, 0.1) is 5.41 Å². The molecule has 0 radical (unpaired) electrons. The van der Waals surface area contributed by atoms with Crippen molar-refractivity contribution >= 4 is 33.6 Å². The number of carbonyl (C=O) groups excluding carboxylic acids is 1. The third-order valence-electron chi connectivity index (χ3n) is 4.39. The summed E-state index contributed by atoms with van der Waals surface area (Å²) in [6, 6.07) is 2.01. The number of aromatic hydroxyl groups is 1. The quantitative estimate of drug-likeness (QED) is 0.671. The molecule has 1 aliphatic rings. The first kappa shape index (κ1) is 19.3. The Morgan fingerprint density at radius 2 is 1.96 bits per heavy atom. The van der Waals surface area contributed by atoms with Gasteiger partial charge in [0.05, 0.1) is 0 Å². The molecule has 2 aromatic heterocycles. The predicted octanol–water partition coefficient (Wildman–Crippen LogP) is 1.69. The molecular formula is C18H28N4O3Sn. The Balaban J connectivity index is 2.27. The second-order valence-corrected chi connectivity index (χ2v) is 23.8. The van der Waals surface area contributed by atoms with Gasteiger partial charge in [-0.2, -0.15) is 0 Å². The number of nitrogens with one attached hydrogen (secondary N) is 1. The summed E-state index contributed by atoms with van der Waals surface area (Å²) in [4.78, 5) is 32.4. The fraction of sp³-hybridized carbons (Fsp3) is 0.611. The van der Waals surface area contributed by atoms with Crippen LogP contribution in [0.5, 0.6) is 5.88 Å². The molecule has 26 heavy (non-hydrogen) atoms. The van der Waals surface area contributed by atoms with Crippen molar-refractivity contribution in [2.24, 2.45) is 5.41 Å². The zero-order valence-electron chi connectivity index (χ0n) is 16.4. The monoisotopic (exact) mass is 468 g/mol. The molecule has 0 aromatic carbocycles. The molecule has 8 heteroatoms. The van der Waals surface area contributed by atoms with E-state index in [0.717, 1.165) is 16.6 Å². The average molecular weight is 467 g/mol. The first-order valence-electron chi connectivity index (χ1n) is 9.05. The van der Waals surface area contributed by atoms with Gasteiger partial charge in [0.15, 0.2) is 0 Å². The van der Waals surface area contributed by atoms with Crippen LogP contribution in [0.1, 0.15) is 44.0 Å². The third kappa shape index (κ3) is 3.77. The molecule has 0 unspecified atom stereocenters. The van der Waals surface area contributed by atoms with Crippen LogP contribution in [0.15, 0.2) is 10.9 Å². The van der Waals surface area contributed by atoms with Crippen molar-refractivity contribution in [3.63, 3.8) is 0 Å². The van der Waals surface area contributed by atoms with Crippen molar-refractivity contribution in [3.8, 4) is 5.88 Å². The Hall–Kier alpha value is -1.51. The molecule has 3 rings (SSSR count). The van der Waals surface area contributed by atoms with Crippen LogP contribution in [0.4, 0.5) is 0 Å². The van der Waals surface area contributed by atoms with Crippen molar-refractivity contribution < 1.29 is 9.90 Å². The molecule has 0 bridgehead atoms. The molecule has 1 fully saturated rings. The van der Waals surface area contributed by atoms with Gasteiger partial charge < -0.3 is 0 Å². The van der Waals surface area contributed by atoms with E-state index in [0.29, 0.717) is 12.2 Å². The number of carbonyl (C=O) groups is 1. The van der Waals surface area contributed by atoms with Gasteiger partial charge in [-0.15, -0.1) is 0 Å². The van der Waals surface area contributed by atoms with Crippen LogP contribution in [-0.4, -0.2) is 49.6 Å². The first-order valence-corrected chi connectivity index (χ1v) is 19.0. The fourth-order valence-corrected chi connectivity index (χ4v) is 5.58. The Labute approximate surface area is 157 Å². The van der Waals surface area contributed by atoms with Crippen molar-refractivity contribution in [1.82, 2.24) is 19.5 Å². The summed E-state index contributed by atoms with van der Waals surface area (Å²) in [6.45, 7) is 6.54. The van der Waals surface area contributed by atoms with Crippen LogP contribution < -0.4 is 14.6 Å². The molecule has 0 spiro atoms. The number of hydrogen-bond donors (Lipinski definition) is 2. The van der Waals surface area contributed by atoms with E-state index in [-0.39, 0.29) is 22.9 Å². The second kappa shape index (κ2) is 6.28. The summed E-state index contributed by atoms with van der Waals surface area (Å²) in [6.07, 6.45) is 1.82. The molecule has 1 saturated carbocycles. The molecule has 2 aromatic rings. The Morgan fingerprint density at radius 3 is 2.46 bits per heavy atom. The van der Waals surface area contributed by atoms with Gasteiger partial charge in [0.1, 0.15) is 0 Å². The van der Waals surface area contributed by atoms with Crippen LogP contribution in [0.25, 0.3) is 5.65 Å². The van der Waals surface area contributed by atoms with E-state index in [2.05, 4.69) is 25.2 Å². The topological polar surface area (TPSA) is 88.6 Å². The van der Waals surface area contributed by atoms with Crippen LogP contribution in [0.3, 0.4) is 0 Å². The fourth-order valence-electron chi connectivity index (χ4n) is 2.84. The Kier molecular flexibility index (Phi) is 4.65. The molecule has 0 saturated heterocycles. The van der Waals surface area contributed by atoms with Gasteiger partial charge in [-0.05, 0) is 0 Å². The van der Waals surface area contributed by atoms with Crippen LogP contribution in [0.2, 0.25) is 14.8 Å². The van der Waals surface area contributed by atoms with Crippen LogP contribution in [-0.2, 0) is 6.54 Å². The van der Waals surface area contributed by atoms with E-state index in [1.165, 1.54) is 4.52 Å². The number of aromatic nitrogens is 3. The third-order valence-corrected chi connectivity index (χ3v) is 9.47. The second-order valence-electron chi connectivity index (χ2n) is 9.45. The zero-order valence-corrected chi connectivity index (χ0v) is 19.2. The molecule has 0 atom stereocenters. The van der Waals surface area contributed by atoms with Crippen molar-refractivity contribution in [2.75, 3.05) is 0 Å². The van der Waals surface area contributed by atoms with Crippen molar-refractivity contribution in [3.05, 3.63) is 22.0 Å². The molecule has 0 aliphatic heterocycles. The SMILES string of the molecule is CC(C)(C)Cn1c(=O)c(C(=O)NC2CC2)c(O)n2n[c]([Sn]([CH3])([CH3])[CH3])cc12. The van der Waals surface area contributed by atoms with Crippen LogP contribution >= 0.6 is 0 Å². The molecule has 1 amide bonds. The van der Waals surface area contributed by atoms with Gasteiger partial charge in [-0.1, -0.05) is 0 Å². The Bertz CT molecular complexity index is 927. The van der Waals surface area contributed by atoms with E-state index >= 15 is 0 Å². The van der Waals surface area contributed by atoms with Gasteiger partial charge in [0.2, 0.25) is 0 Å². The minimum atomic E-state index is -2.53. The van der Waals surface area contributed by atoms with Crippen molar-refractivity contribution in [2.45, 2.75) is 61.0 Å². The summed E-state index contributed by atoms with van der Waals surface area (Å²) in [5, 5.41) is 18.1. The van der Waals surface area contributed by atoms with Gasteiger partial charge in [-0.3, -0.25) is 0 Å². The molecule has 7 nitrogen and oxygen atoms in total. The Morgan fingerprint density at radius 1 is 1.35 bits per heavy atom. The van der Waals surface area contributed by atoms with E-state index in [1.807, 2.05) is 26.8 Å². The molecular weight excluding hydrogens is 439 g/mol. The van der Waals surface area contributed by atoms with Gasteiger partial charge in [0, 0.05) is 0 Å². The minimum absolute atomic E-state index is 0.104. The number of hydrogen-bond acceptors (Lipinski definition) is 4. The number of fused-ring (bicyclic) bond motifs is 1. The summed E-state index contributed by atoms with van der Waals surface area (Å²) in [5.41, 5.74) is -0.292. The van der Waals surface area contributed by atoms with E-state index in [1.54, 1.807) is 4.57 Å². The molecule has 1 aliphatic carbocycles. The predicted molar refractivity (Wildman–Crippen MR) is 104 cm³/mol. The summed E-state index contributed by atoms with van der Waals surface area (Å²) in [5.74, 6) is -0.883. The normalized spacial score (nSPS) is 15.5. The maximum absolute atomic E-state index is 13.1. The van der Waals surface area contributed by atoms with E-state index in [9.17, 15) is 14.7 Å². The zero-order chi connectivity index (χ0) is 19.4. The number of rotatable bonds is 4. The standard InChI is InChI=1S/C15H19N4O3.3CH3.Sn/c1-15(2,3)8-18-10-6-7-16-19(10)14(22)11(13(18)21)12(20)17-9-4-5-9;;;;/h6,9,22H,4-5,8H2,1-3H3,(H,17,20);3*1H3;. The summed E-state index contributed by atoms with van der Waals surface area (Å²) in [7, 11) is 0. The van der Waals surface area contributed by atoms with E-state index < -0.39 is 29.8 Å². The van der Waals surface area contributed by atoms with Crippen molar-refractivity contribution in [1.29, 1.82) is 0 Å². The number of amides is 1. The molecule has 2 N–H and O–H groups in total. The molecule has 2 heterocycles.